The zero-order valence-electron chi connectivity index (χ0n) is 25.4. The van der Waals surface area contributed by atoms with Crippen molar-refractivity contribution >= 4 is 28.5 Å². The fraction of sp³-hybridized carbons (Fsp3) is 0.571. The van der Waals surface area contributed by atoms with E-state index in [1.165, 1.54) is 12.7 Å². The molecule has 4 aliphatic rings. The summed E-state index contributed by atoms with van der Waals surface area (Å²) in [5, 5.41) is 19.3. The van der Waals surface area contributed by atoms with Gasteiger partial charge in [-0.3, -0.25) is 4.79 Å². The average molecular weight is 586 g/mol. The summed E-state index contributed by atoms with van der Waals surface area (Å²) >= 11 is 0. The van der Waals surface area contributed by atoms with E-state index in [9.17, 15) is 14.7 Å². The molecule has 3 N–H and O–H groups in total. The van der Waals surface area contributed by atoms with Gasteiger partial charge < -0.3 is 25.0 Å². The first-order valence-corrected chi connectivity index (χ1v) is 15.6. The van der Waals surface area contributed by atoms with Crippen LogP contribution in [0.3, 0.4) is 0 Å². The molecule has 3 fully saturated rings. The molecule has 8 heteroatoms. The maximum atomic E-state index is 12.8. The number of hydrogen-bond donors (Lipinski definition) is 3. The largest absolute Gasteiger partial charge is 0.467 e. The number of hydrogen-bond acceptors (Lipinski definition) is 6. The molecular weight excluding hydrogens is 542 g/mol. The molecule has 3 saturated carbocycles. The number of fused-ring (bicyclic) bond motifs is 6. The Morgan fingerprint density at radius 1 is 1.16 bits per heavy atom. The number of aliphatic hydroxyl groups is 1. The second kappa shape index (κ2) is 11.2. The Labute approximate surface area is 253 Å². The summed E-state index contributed by atoms with van der Waals surface area (Å²) < 4.78 is 4.95. The molecule has 0 spiro atoms. The van der Waals surface area contributed by atoms with E-state index < -0.39 is 23.5 Å². The number of oxime groups is 1. The van der Waals surface area contributed by atoms with Gasteiger partial charge in [-0.05, 0) is 92.2 Å². The smallest absolute Gasteiger partial charge is 0.328 e. The van der Waals surface area contributed by atoms with Gasteiger partial charge in [0.1, 0.15) is 11.6 Å². The van der Waals surface area contributed by atoms with Crippen LogP contribution in [-0.2, 0) is 25.6 Å². The van der Waals surface area contributed by atoms with Crippen molar-refractivity contribution in [3.05, 3.63) is 47.7 Å². The van der Waals surface area contributed by atoms with Crippen molar-refractivity contribution in [3.63, 3.8) is 0 Å². The average Bonchev–Trinajstić information content (AvgIpc) is 3.54. The first-order valence-electron chi connectivity index (χ1n) is 15.6. The van der Waals surface area contributed by atoms with Crippen molar-refractivity contribution in [2.45, 2.75) is 83.3 Å². The number of methoxy groups -OCH3 is 1. The van der Waals surface area contributed by atoms with Crippen LogP contribution in [0.4, 0.5) is 0 Å². The van der Waals surface area contributed by atoms with Gasteiger partial charge in [0.25, 0.3) is 5.91 Å². The van der Waals surface area contributed by atoms with Gasteiger partial charge in [0.15, 0.2) is 6.61 Å². The standard InChI is InChI=1S/C35H43N3O5/c1-5-35(41)17-14-28-26-11-10-23-19-24(12-15-33(23,2)27(26)13-16-34(28,35)3)38-43-21-31(39)37-30(32(40)42-4)18-22-20-36-29-9-7-6-8-25(22)29/h1,6-9,19-20,26-28,30,36,41H,10-18,21H2,2-4H3,(H,37,39)/b38-24-/t26-,27-,28-,30+,33+,34+,35-/m1/s1. The summed E-state index contributed by atoms with van der Waals surface area (Å²) in [6, 6.07) is 6.98. The molecule has 43 heavy (non-hydrogen) atoms. The molecule has 228 valence electrons. The second-order valence-electron chi connectivity index (χ2n) is 13.6. The van der Waals surface area contributed by atoms with Crippen molar-refractivity contribution in [3.8, 4) is 12.3 Å². The molecule has 7 atom stereocenters. The van der Waals surface area contributed by atoms with Crippen LogP contribution in [0.2, 0.25) is 0 Å². The van der Waals surface area contributed by atoms with Gasteiger partial charge in [0.2, 0.25) is 0 Å². The monoisotopic (exact) mass is 585 g/mol. The Kier molecular flexibility index (Phi) is 7.66. The SMILES string of the molecule is C#C[C@@]1(O)CC[C@@H]2[C@@H]3CCC4=C/C(=N\OCC(=O)N[C@@H](Cc5c[nH]c6ccccc56)C(=O)OC)CC[C@]4(C)[C@@H]3CC[C@@]21C. The summed E-state index contributed by atoms with van der Waals surface area (Å²) in [7, 11) is 1.31. The molecule has 0 unspecified atom stereocenters. The van der Waals surface area contributed by atoms with Crippen LogP contribution < -0.4 is 5.32 Å². The summed E-state index contributed by atoms with van der Waals surface area (Å²) in [5.74, 6) is 3.45. The number of nitrogens with zero attached hydrogens (tertiary/aromatic N) is 1. The number of carbonyl (C=O) groups is 2. The highest BCUT2D eigenvalue weighted by molar-refractivity contribution is 5.96. The lowest BCUT2D eigenvalue weighted by atomic mass is 9.46. The number of aromatic amines is 1. The zero-order chi connectivity index (χ0) is 30.4. The third kappa shape index (κ3) is 4.96. The lowest BCUT2D eigenvalue weighted by molar-refractivity contribution is -0.145. The zero-order valence-corrected chi connectivity index (χ0v) is 25.4. The van der Waals surface area contributed by atoms with Crippen LogP contribution >= 0.6 is 0 Å². The Hall–Kier alpha value is -3.57. The Bertz CT molecular complexity index is 1520. The topological polar surface area (TPSA) is 113 Å². The molecular formula is C35H43N3O5. The quantitative estimate of drug-likeness (QED) is 0.239. The third-order valence-corrected chi connectivity index (χ3v) is 11.7. The minimum absolute atomic E-state index is 0.105. The molecule has 8 nitrogen and oxygen atoms in total. The van der Waals surface area contributed by atoms with Crippen LogP contribution in [0.15, 0.2) is 47.3 Å². The van der Waals surface area contributed by atoms with Gasteiger partial charge in [0.05, 0.1) is 12.8 Å². The van der Waals surface area contributed by atoms with Gasteiger partial charge in [-0.2, -0.15) is 0 Å². The number of H-pyrrole nitrogens is 1. The number of esters is 1. The summed E-state index contributed by atoms with van der Waals surface area (Å²) in [4.78, 5) is 33.9. The highest BCUT2D eigenvalue weighted by Crippen LogP contribution is 2.67. The predicted molar refractivity (Wildman–Crippen MR) is 165 cm³/mol. The van der Waals surface area contributed by atoms with E-state index in [1.807, 2.05) is 30.5 Å². The first-order chi connectivity index (χ1) is 20.6. The van der Waals surface area contributed by atoms with Crippen LogP contribution in [-0.4, -0.2) is 53.0 Å². The number of ether oxygens (including phenoxy) is 1. The maximum Gasteiger partial charge on any atom is 0.328 e. The number of allylic oxidation sites excluding steroid dienone is 2. The summed E-state index contributed by atoms with van der Waals surface area (Å²) in [5.41, 5.74) is 3.08. The van der Waals surface area contributed by atoms with E-state index in [0.717, 1.165) is 67.1 Å². The number of benzene rings is 1. The van der Waals surface area contributed by atoms with Gasteiger partial charge >= 0.3 is 5.97 Å². The summed E-state index contributed by atoms with van der Waals surface area (Å²) in [6.45, 7) is 4.35. The number of rotatable bonds is 7. The molecule has 0 aliphatic heterocycles. The van der Waals surface area contributed by atoms with Crippen LogP contribution in [0.1, 0.15) is 70.8 Å². The van der Waals surface area contributed by atoms with E-state index in [4.69, 9.17) is 16.0 Å². The van der Waals surface area contributed by atoms with Crippen LogP contribution in [0.25, 0.3) is 10.9 Å². The number of terminal acetylenes is 1. The van der Waals surface area contributed by atoms with Crippen molar-refractivity contribution in [1.82, 2.24) is 10.3 Å². The first kappa shape index (κ1) is 29.5. The minimum Gasteiger partial charge on any atom is -0.467 e. The van der Waals surface area contributed by atoms with Crippen molar-refractivity contribution in [2.75, 3.05) is 13.7 Å². The van der Waals surface area contributed by atoms with Crippen molar-refractivity contribution in [2.24, 2.45) is 33.7 Å². The second-order valence-corrected chi connectivity index (χ2v) is 13.6. The predicted octanol–water partition coefficient (Wildman–Crippen LogP) is 5.07. The molecule has 1 heterocycles. The van der Waals surface area contributed by atoms with Gasteiger partial charge in [0, 0.05) is 28.9 Å². The molecule has 0 saturated heterocycles. The third-order valence-electron chi connectivity index (χ3n) is 11.7. The van der Waals surface area contributed by atoms with Gasteiger partial charge in [-0.25, -0.2) is 4.79 Å². The lowest BCUT2D eigenvalue weighted by Crippen LogP contribution is -2.54. The normalized spacial score (nSPS) is 34.7. The molecule has 0 bridgehead atoms. The Balaban J connectivity index is 1.08. The molecule has 2 aromatic rings. The van der Waals surface area contributed by atoms with E-state index in [0.29, 0.717) is 30.6 Å². The number of amides is 1. The Morgan fingerprint density at radius 3 is 2.74 bits per heavy atom. The summed E-state index contributed by atoms with van der Waals surface area (Å²) in [6.07, 6.45) is 17.8. The number of carbonyl (C=O) groups excluding carboxylic acids is 2. The molecule has 0 radical (unpaired) electrons. The maximum absolute atomic E-state index is 12.8. The number of para-hydroxylation sites is 1. The molecule has 6 rings (SSSR count). The molecule has 1 aromatic heterocycles. The Morgan fingerprint density at radius 2 is 1.95 bits per heavy atom. The van der Waals surface area contributed by atoms with Gasteiger partial charge in [-0.15, -0.1) is 6.42 Å². The fourth-order valence-electron chi connectivity index (χ4n) is 9.16. The number of nitrogens with one attached hydrogen (secondary N) is 2. The van der Waals surface area contributed by atoms with Gasteiger partial charge in [-0.1, -0.05) is 48.7 Å². The van der Waals surface area contributed by atoms with Crippen molar-refractivity contribution < 1.29 is 24.3 Å². The molecule has 1 aromatic carbocycles. The van der Waals surface area contributed by atoms with E-state index in [1.54, 1.807) is 0 Å². The van der Waals surface area contributed by atoms with Crippen LogP contribution in [0.5, 0.6) is 0 Å². The lowest BCUT2D eigenvalue weighted by Gasteiger charge is -2.58. The highest BCUT2D eigenvalue weighted by Gasteiger charge is 2.63. The fourth-order valence-corrected chi connectivity index (χ4v) is 9.16. The van der Waals surface area contributed by atoms with Crippen LogP contribution in [0, 0.1) is 40.9 Å². The van der Waals surface area contributed by atoms with E-state index in [2.05, 4.69) is 41.3 Å². The molecule has 4 aliphatic carbocycles. The molecule has 1 amide bonds. The number of aromatic nitrogens is 1. The van der Waals surface area contributed by atoms with E-state index >= 15 is 0 Å². The van der Waals surface area contributed by atoms with Crippen molar-refractivity contribution in [1.29, 1.82) is 0 Å². The minimum atomic E-state index is -0.983. The highest BCUT2D eigenvalue weighted by atomic mass is 16.6. The van der Waals surface area contributed by atoms with E-state index in [-0.39, 0.29) is 17.4 Å².